The van der Waals surface area contributed by atoms with Gasteiger partial charge in [0, 0.05) is 11.8 Å². The Hall–Kier alpha value is -1.86. The number of rotatable bonds is 6. The fraction of sp³-hybridized carbons (Fsp3) is 0.500. The summed E-state index contributed by atoms with van der Waals surface area (Å²) in [5.74, 6) is 0. The third kappa shape index (κ3) is 3.00. The smallest absolute Gasteiger partial charge is 0.105 e. The zero-order chi connectivity index (χ0) is 14.6. The van der Waals surface area contributed by atoms with Crippen LogP contribution in [0.1, 0.15) is 39.7 Å². The highest BCUT2D eigenvalue weighted by molar-refractivity contribution is 5.78. The average molecular weight is 270 g/mol. The summed E-state index contributed by atoms with van der Waals surface area (Å²) in [4.78, 5) is 0. The summed E-state index contributed by atoms with van der Waals surface area (Å²) in [5.41, 5.74) is 0.610. The van der Waals surface area contributed by atoms with E-state index in [-0.39, 0.29) is 6.04 Å². The minimum absolute atomic E-state index is 0.170. The summed E-state index contributed by atoms with van der Waals surface area (Å²) in [6.07, 6.45) is 3.64. The lowest BCUT2D eigenvalue weighted by atomic mass is 9.95. The summed E-state index contributed by atoms with van der Waals surface area (Å²) < 4.78 is 2.01. The fourth-order valence-corrected chi connectivity index (χ4v) is 2.58. The molecule has 2 atom stereocenters. The molecule has 0 fully saturated rings. The molecule has 4 heteroatoms. The maximum absolute atomic E-state index is 9.43. The Morgan fingerprint density at radius 3 is 2.90 bits per heavy atom. The lowest BCUT2D eigenvalue weighted by Gasteiger charge is -2.27. The molecule has 0 spiro atoms. The van der Waals surface area contributed by atoms with Gasteiger partial charge >= 0.3 is 0 Å². The second-order valence-corrected chi connectivity index (χ2v) is 5.57. The van der Waals surface area contributed by atoms with Gasteiger partial charge < -0.3 is 0 Å². The van der Waals surface area contributed by atoms with E-state index in [0.717, 1.165) is 30.3 Å². The monoisotopic (exact) mass is 270 g/mol. The molecule has 20 heavy (non-hydrogen) atoms. The molecule has 0 aliphatic heterocycles. The molecule has 1 heterocycles. The van der Waals surface area contributed by atoms with Gasteiger partial charge in [0.05, 0.1) is 23.8 Å². The summed E-state index contributed by atoms with van der Waals surface area (Å²) in [6.45, 7) is 7.04. The Kier molecular flexibility index (Phi) is 4.41. The first kappa shape index (κ1) is 14.5. The third-order valence-corrected chi connectivity index (χ3v) is 3.64. The Labute approximate surface area is 120 Å². The normalized spacial score (nSPS) is 15.7. The topological polar surface area (TPSA) is 53.6 Å². The number of fused-ring (bicyclic) bond motifs is 1. The van der Waals surface area contributed by atoms with Crippen LogP contribution in [0.2, 0.25) is 0 Å². The maximum Gasteiger partial charge on any atom is 0.105 e. The highest BCUT2D eigenvalue weighted by atomic mass is 15.3. The number of nitriles is 1. The molecule has 0 amide bonds. The Balaban J connectivity index is 2.19. The molecule has 0 aliphatic rings. The maximum atomic E-state index is 9.43. The molecule has 0 saturated carbocycles. The van der Waals surface area contributed by atoms with Crippen LogP contribution in [-0.2, 0) is 0 Å². The summed E-state index contributed by atoms with van der Waals surface area (Å²) in [5, 5.41) is 18.4. The van der Waals surface area contributed by atoms with E-state index in [1.165, 1.54) is 0 Å². The van der Waals surface area contributed by atoms with Gasteiger partial charge in [-0.05, 0) is 32.9 Å². The predicted octanol–water partition coefficient (Wildman–Crippen LogP) is 3.27. The molecule has 1 aromatic carbocycles. The van der Waals surface area contributed by atoms with Crippen molar-refractivity contribution >= 4 is 10.9 Å². The zero-order valence-electron chi connectivity index (χ0n) is 12.4. The van der Waals surface area contributed by atoms with E-state index in [0.29, 0.717) is 0 Å². The first-order valence-electron chi connectivity index (χ1n) is 7.18. The van der Waals surface area contributed by atoms with Crippen molar-refractivity contribution in [1.29, 1.82) is 5.26 Å². The first-order valence-corrected chi connectivity index (χ1v) is 7.18. The van der Waals surface area contributed by atoms with Gasteiger partial charge in [0.1, 0.15) is 5.54 Å². The molecule has 4 nitrogen and oxygen atoms in total. The number of para-hydroxylation sites is 1. The lowest BCUT2D eigenvalue weighted by Crippen LogP contribution is -2.43. The largest absolute Gasteiger partial charge is 0.300 e. The zero-order valence-corrected chi connectivity index (χ0v) is 12.4. The van der Waals surface area contributed by atoms with Crippen LogP contribution in [0, 0.1) is 11.3 Å². The summed E-state index contributed by atoms with van der Waals surface area (Å²) in [6, 6.07) is 10.7. The van der Waals surface area contributed by atoms with Crippen LogP contribution in [-0.4, -0.2) is 21.9 Å². The second-order valence-electron chi connectivity index (χ2n) is 5.57. The quantitative estimate of drug-likeness (QED) is 0.876. The van der Waals surface area contributed by atoms with E-state index in [9.17, 15) is 5.26 Å². The Morgan fingerprint density at radius 2 is 2.20 bits per heavy atom. The van der Waals surface area contributed by atoms with Gasteiger partial charge in [0.2, 0.25) is 0 Å². The van der Waals surface area contributed by atoms with Crippen molar-refractivity contribution < 1.29 is 0 Å². The van der Waals surface area contributed by atoms with Crippen molar-refractivity contribution in [2.24, 2.45) is 0 Å². The molecule has 0 radical (unpaired) electrons. The van der Waals surface area contributed by atoms with Crippen LogP contribution in [0.5, 0.6) is 0 Å². The molecule has 0 bridgehead atoms. The fourth-order valence-electron chi connectivity index (χ4n) is 2.58. The SMILES string of the molecule is CCCNC(C)(C#N)CC(C)n1ncc2ccccc21. The number of hydrogen-bond acceptors (Lipinski definition) is 3. The molecule has 106 valence electrons. The van der Waals surface area contributed by atoms with Gasteiger partial charge in [-0.15, -0.1) is 0 Å². The second kappa shape index (κ2) is 6.06. The number of nitrogens with one attached hydrogen (secondary N) is 1. The molecule has 0 saturated heterocycles. The Bertz CT molecular complexity index is 610. The van der Waals surface area contributed by atoms with Crippen LogP contribution in [0.3, 0.4) is 0 Å². The van der Waals surface area contributed by atoms with Crippen molar-refractivity contribution in [3.8, 4) is 6.07 Å². The number of hydrogen-bond donors (Lipinski definition) is 1. The first-order chi connectivity index (χ1) is 9.59. The molecular weight excluding hydrogens is 248 g/mol. The molecule has 2 unspecified atom stereocenters. The van der Waals surface area contributed by atoms with E-state index in [4.69, 9.17) is 0 Å². The van der Waals surface area contributed by atoms with Crippen LogP contribution in [0.4, 0.5) is 0 Å². The molecule has 2 aromatic rings. The molecular formula is C16H22N4. The molecule has 1 N–H and O–H groups in total. The third-order valence-electron chi connectivity index (χ3n) is 3.64. The van der Waals surface area contributed by atoms with Gasteiger partial charge in [0.25, 0.3) is 0 Å². The van der Waals surface area contributed by atoms with Gasteiger partial charge in [-0.25, -0.2) is 0 Å². The van der Waals surface area contributed by atoms with Crippen molar-refractivity contribution in [3.05, 3.63) is 30.5 Å². The van der Waals surface area contributed by atoms with E-state index >= 15 is 0 Å². The average Bonchev–Trinajstić information content (AvgIpc) is 2.89. The van der Waals surface area contributed by atoms with Crippen molar-refractivity contribution in [2.45, 2.75) is 45.2 Å². The standard InChI is InChI=1S/C16H22N4/c1-4-9-18-16(3,12-17)10-13(2)20-15-8-6-5-7-14(15)11-19-20/h5-8,11,13,18H,4,9-10H2,1-3H3. The van der Waals surface area contributed by atoms with Crippen LogP contribution in [0.15, 0.2) is 30.5 Å². The molecule has 1 aromatic heterocycles. The van der Waals surface area contributed by atoms with E-state index in [2.05, 4.69) is 42.5 Å². The van der Waals surface area contributed by atoms with Crippen molar-refractivity contribution in [3.63, 3.8) is 0 Å². The number of aromatic nitrogens is 2. The van der Waals surface area contributed by atoms with E-state index < -0.39 is 5.54 Å². The van der Waals surface area contributed by atoms with E-state index in [1.807, 2.05) is 29.9 Å². The van der Waals surface area contributed by atoms with E-state index in [1.54, 1.807) is 0 Å². The van der Waals surface area contributed by atoms with Gasteiger partial charge in [-0.3, -0.25) is 10.00 Å². The summed E-state index contributed by atoms with van der Waals surface area (Å²) >= 11 is 0. The highest BCUT2D eigenvalue weighted by Crippen LogP contribution is 2.24. The van der Waals surface area contributed by atoms with Crippen LogP contribution < -0.4 is 5.32 Å². The predicted molar refractivity (Wildman–Crippen MR) is 81.4 cm³/mol. The Morgan fingerprint density at radius 1 is 1.45 bits per heavy atom. The lowest BCUT2D eigenvalue weighted by molar-refractivity contribution is 0.338. The van der Waals surface area contributed by atoms with Crippen LogP contribution in [0.25, 0.3) is 10.9 Å². The number of benzene rings is 1. The summed E-state index contributed by atoms with van der Waals surface area (Å²) in [7, 11) is 0. The molecule has 2 rings (SSSR count). The van der Waals surface area contributed by atoms with Crippen molar-refractivity contribution in [2.75, 3.05) is 6.54 Å². The minimum Gasteiger partial charge on any atom is -0.300 e. The van der Waals surface area contributed by atoms with Gasteiger partial charge in [0.15, 0.2) is 0 Å². The minimum atomic E-state index is -0.511. The highest BCUT2D eigenvalue weighted by Gasteiger charge is 2.27. The van der Waals surface area contributed by atoms with Gasteiger partial charge in [-0.1, -0.05) is 25.1 Å². The number of nitrogens with zero attached hydrogens (tertiary/aromatic N) is 3. The van der Waals surface area contributed by atoms with Gasteiger partial charge in [-0.2, -0.15) is 10.4 Å². The molecule has 0 aliphatic carbocycles. The van der Waals surface area contributed by atoms with Crippen molar-refractivity contribution in [1.82, 2.24) is 15.1 Å². The van der Waals surface area contributed by atoms with Crippen LogP contribution >= 0.6 is 0 Å².